The Hall–Kier alpha value is -2.38. The lowest BCUT2D eigenvalue weighted by molar-refractivity contribution is -0.173. The van der Waals surface area contributed by atoms with Crippen molar-refractivity contribution in [2.75, 3.05) is 13.6 Å². The third kappa shape index (κ3) is 16.3. The van der Waals surface area contributed by atoms with E-state index in [0.717, 1.165) is 44.9 Å². The van der Waals surface area contributed by atoms with Gasteiger partial charge in [0.2, 0.25) is 13.6 Å². The molecule has 0 aliphatic carbocycles. The number of carbonyl (C=O) groups is 4. The van der Waals surface area contributed by atoms with Gasteiger partial charge in [0.1, 0.15) is 0 Å². The Morgan fingerprint density at radius 1 is 0.625 bits per heavy atom. The third-order valence-electron chi connectivity index (χ3n) is 4.28. The van der Waals surface area contributed by atoms with E-state index in [0.29, 0.717) is 6.42 Å². The van der Waals surface area contributed by atoms with Crippen molar-refractivity contribution < 1.29 is 38.1 Å². The summed E-state index contributed by atoms with van der Waals surface area (Å²) in [6.07, 6.45) is 9.84. The molecular weight excluding hydrogens is 416 g/mol. The van der Waals surface area contributed by atoms with Gasteiger partial charge in [-0.3, -0.25) is 14.4 Å². The monoisotopic (exact) mass is 456 g/mol. The largest absolute Gasteiger partial charge is 0.428 e. The predicted molar refractivity (Wildman–Crippen MR) is 119 cm³/mol. The molecule has 0 aliphatic heterocycles. The maximum absolute atomic E-state index is 11.6. The maximum atomic E-state index is 11.6. The van der Waals surface area contributed by atoms with Crippen molar-refractivity contribution in [3.05, 3.63) is 12.2 Å². The first-order valence-electron chi connectivity index (χ1n) is 11.2. The van der Waals surface area contributed by atoms with E-state index >= 15 is 0 Å². The minimum atomic E-state index is -0.631. The molecule has 0 amide bonds. The van der Waals surface area contributed by atoms with Crippen LogP contribution in [0.25, 0.3) is 0 Å². The van der Waals surface area contributed by atoms with E-state index in [1.165, 1.54) is 6.08 Å². The molecule has 0 aromatic rings. The highest BCUT2D eigenvalue weighted by atomic mass is 16.7. The van der Waals surface area contributed by atoms with Crippen LogP contribution in [0.2, 0.25) is 0 Å². The third-order valence-corrected chi connectivity index (χ3v) is 4.28. The first-order valence-corrected chi connectivity index (χ1v) is 11.2. The topological polar surface area (TPSA) is 105 Å². The van der Waals surface area contributed by atoms with Crippen molar-refractivity contribution in [1.82, 2.24) is 0 Å². The summed E-state index contributed by atoms with van der Waals surface area (Å²) in [5, 5.41) is 0. The molecular formula is C24H40O8. The van der Waals surface area contributed by atoms with Crippen LogP contribution in [0.3, 0.4) is 0 Å². The van der Waals surface area contributed by atoms with Crippen molar-refractivity contribution >= 4 is 23.9 Å². The quantitative estimate of drug-likeness (QED) is 0.158. The zero-order valence-electron chi connectivity index (χ0n) is 20.5. The van der Waals surface area contributed by atoms with Crippen molar-refractivity contribution in [2.24, 2.45) is 10.8 Å². The van der Waals surface area contributed by atoms with Crippen molar-refractivity contribution in [3.8, 4) is 0 Å². The summed E-state index contributed by atoms with van der Waals surface area (Å²) in [6.45, 7) is 9.65. The zero-order valence-corrected chi connectivity index (χ0v) is 20.5. The minimum absolute atomic E-state index is 0.309. The molecule has 0 N–H and O–H groups in total. The molecule has 0 atom stereocenters. The van der Waals surface area contributed by atoms with Crippen LogP contribution < -0.4 is 0 Å². The Morgan fingerprint density at radius 2 is 1.09 bits per heavy atom. The SMILES string of the molecule is CC(C)(C)C(=O)OCOC(=O)C=CCCCCCCCCC(=O)OCOC(=O)C(C)(C)C. The molecule has 0 unspecified atom stereocenters. The van der Waals surface area contributed by atoms with Crippen molar-refractivity contribution in [3.63, 3.8) is 0 Å². The standard InChI is InChI=1S/C24H40O8/c1-23(2,3)21(27)31-17-29-19(25)15-13-11-9-7-8-10-12-14-16-20(26)30-18-32-22(28)24(4,5)6/h13,15H,7-12,14,16-18H2,1-6H3. The van der Waals surface area contributed by atoms with Crippen LogP contribution >= 0.6 is 0 Å². The highest BCUT2D eigenvalue weighted by Crippen LogP contribution is 2.16. The fourth-order valence-electron chi connectivity index (χ4n) is 2.26. The van der Waals surface area contributed by atoms with Crippen LogP contribution in [0.15, 0.2) is 12.2 Å². The van der Waals surface area contributed by atoms with Crippen molar-refractivity contribution in [1.29, 1.82) is 0 Å². The van der Waals surface area contributed by atoms with Crippen LogP contribution in [0.5, 0.6) is 0 Å². The molecule has 0 aromatic carbocycles. The van der Waals surface area contributed by atoms with Gasteiger partial charge in [0.05, 0.1) is 10.8 Å². The van der Waals surface area contributed by atoms with E-state index in [2.05, 4.69) is 0 Å². The lowest BCUT2D eigenvalue weighted by Crippen LogP contribution is -2.24. The average Bonchev–Trinajstić information content (AvgIpc) is 2.67. The van der Waals surface area contributed by atoms with Crippen LogP contribution in [-0.2, 0) is 38.1 Å². The molecule has 32 heavy (non-hydrogen) atoms. The molecule has 0 aliphatic rings. The first kappa shape index (κ1) is 29.6. The van der Waals surface area contributed by atoms with Crippen LogP contribution in [0.1, 0.15) is 92.9 Å². The number of allylic oxidation sites excluding steroid dienone is 1. The molecule has 0 spiro atoms. The maximum Gasteiger partial charge on any atom is 0.333 e. The second-order valence-electron chi connectivity index (χ2n) is 9.64. The summed E-state index contributed by atoms with van der Waals surface area (Å²) in [5.74, 6) is -1.73. The van der Waals surface area contributed by atoms with Crippen LogP contribution in [-0.4, -0.2) is 37.5 Å². The second kappa shape index (κ2) is 15.4. The Morgan fingerprint density at radius 3 is 1.62 bits per heavy atom. The number of esters is 4. The number of ether oxygens (including phenoxy) is 4. The predicted octanol–water partition coefficient (Wildman–Crippen LogP) is 4.84. The average molecular weight is 457 g/mol. The molecule has 184 valence electrons. The molecule has 0 radical (unpaired) electrons. The van der Waals surface area contributed by atoms with E-state index < -0.39 is 28.7 Å². The Balaban J connectivity index is 3.58. The van der Waals surface area contributed by atoms with Gasteiger partial charge < -0.3 is 18.9 Å². The Labute approximate surface area is 192 Å². The molecule has 0 saturated heterocycles. The molecule has 0 rings (SSSR count). The summed E-state index contributed by atoms with van der Waals surface area (Å²) in [7, 11) is 0. The van der Waals surface area contributed by atoms with Crippen molar-refractivity contribution in [2.45, 2.75) is 92.9 Å². The molecule has 0 heterocycles. The summed E-state index contributed by atoms with van der Waals surface area (Å²) in [5.41, 5.74) is -1.25. The molecule has 0 fully saturated rings. The van der Waals surface area contributed by atoms with Gasteiger partial charge >= 0.3 is 23.9 Å². The molecule has 8 nitrogen and oxygen atoms in total. The molecule has 0 bridgehead atoms. The van der Waals surface area contributed by atoms with E-state index in [1.54, 1.807) is 47.6 Å². The number of carbonyl (C=O) groups excluding carboxylic acids is 4. The van der Waals surface area contributed by atoms with Crippen LogP contribution in [0, 0.1) is 10.8 Å². The zero-order chi connectivity index (χ0) is 24.6. The van der Waals surface area contributed by atoms with Gasteiger partial charge in [-0.25, -0.2) is 4.79 Å². The summed E-state index contributed by atoms with van der Waals surface area (Å²) >= 11 is 0. The highest BCUT2D eigenvalue weighted by Gasteiger charge is 2.24. The van der Waals surface area contributed by atoms with Gasteiger partial charge in [0.15, 0.2) is 0 Å². The number of unbranched alkanes of at least 4 members (excludes halogenated alkanes) is 6. The van der Waals surface area contributed by atoms with E-state index in [9.17, 15) is 19.2 Å². The first-order chi connectivity index (χ1) is 14.8. The highest BCUT2D eigenvalue weighted by molar-refractivity contribution is 5.82. The Kier molecular flexibility index (Phi) is 14.3. The van der Waals surface area contributed by atoms with Gasteiger partial charge in [-0.05, 0) is 60.8 Å². The number of hydrogen-bond donors (Lipinski definition) is 0. The molecule has 8 heteroatoms. The summed E-state index contributed by atoms with van der Waals surface area (Å²) < 4.78 is 19.5. The second-order valence-corrected chi connectivity index (χ2v) is 9.64. The Bertz CT molecular complexity index is 623. The lowest BCUT2D eigenvalue weighted by atomic mass is 9.97. The lowest BCUT2D eigenvalue weighted by Gasteiger charge is -2.16. The van der Waals surface area contributed by atoms with E-state index in [1.807, 2.05) is 0 Å². The molecule has 0 saturated carbocycles. The van der Waals surface area contributed by atoms with Gasteiger partial charge in [-0.1, -0.05) is 31.8 Å². The van der Waals surface area contributed by atoms with Gasteiger partial charge in [-0.15, -0.1) is 0 Å². The minimum Gasteiger partial charge on any atom is -0.428 e. The van der Waals surface area contributed by atoms with E-state index in [4.69, 9.17) is 18.9 Å². The van der Waals surface area contributed by atoms with Gasteiger partial charge in [0.25, 0.3) is 0 Å². The number of rotatable bonds is 14. The van der Waals surface area contributed by atoms with Crippen LogP contribution in [0.4, 0.5) is 0 Å². The van der Waals surface area contributed by atoms with E-state index in [-0.39, 0.29) is 19.6 Å². The smallest absolute Gasteiger partial charge is 0.333 e. The number of hydrogen-bond acceptors (Lipinski definition) is 8. The van der Waals surface area contributed by atoms with Gasteiger partial charge in [-0.2, -0.15) is 0 Å². The molecule has 0 aromatic heterocycles. The van der Waals surface area contributed by atoms with Gasteiger partial charge in [0, 0.05) is 12.5 Å². The fraction of sp³-hybridized carbons (Fsp3) is 0.750. The fourth-order valence-corrected chi connectivity index (χ4v) is 2.26. The normalized spacial score (nSPS) is 11.8. The summed E-state index contributed by atoms with van der Waals surface area (Å²) in [6, 6.07) is 0. The summed E-state index contributed by atoms with van der Waals surface area (Å²) in [4.78, 5) is 46.2.